The van der Waals surface area contributed by atoms with E-state index >= 15 is 0 Å². The van der Waals surface area contributed by atoms with Crippen molar-refractivity contribution in [1.29, 1.82) is 0 Å². The second-order valence-corrected chi connectivity index (χ2v) is 7.96. The molecule has 0 saturated carbocycles. The Morgan fingerprint density at radius 1 is 0.697 bits per heavy atom. The van der Waals surface area contributed by atoms with Crippen LogP contribution >= 0.6 is 0 Å². The summed E-state index contributed by atoms with van der Waals surface area (Å²) in [6.45, 7) is 2.20. The van der Waals surface area contributed by atoms with Gasteiger partial charge < -0.3 is 10.6 Å². The molecule has 0 aromatic heterocycles. The van der Waals surface area contributed by atoms with Crippen molar-refractivity contribution in [2.24, 2.45) is 0 Å². The Morgan fingerprint density at radius 2 is 1.18 bits per heavy atom. The van der Waals surface area contributed by atoms with Crippen molar-refractivity contribution >= 4 is 45.5 Å². The molecule has 0 radical (unpaired) electrons. The van der Waals surface area contributed by atoms with Gasteiger partial charge >= 0.3 is 0 Å². The molecule has 4 heteroatoms. The van der Waals surface area contributed by atoms with Gasteiger partial charge in [0, 0.05) is 24.7 Å². The van der Waals surface area contributed by atoms with Crippen LogP contribution in [-0.2, 0) is 9.59 Å². The molecule has 1 unspecified atom stereocenters. The van der Waals surface area contributed by atoms with Gasteiger partial charge in [-0.3, -0.25) is 9.59 Å². The standard InChI is InChI=1S/C29H26N2O2/c1-21(31-29(33)19-17-25-13-7-11-23-9-3-5-15-27(23)25)20-30-28(32)18-16-24-12-6-10-22-8-2-4-14-26(22)24/h2-19,21H,20H2,1H3,(H,30,32)(H,31,33)/b18-16+,19-17+. The Balaban J connectivity index is 1.29. The van der Waals surface area contributed by atoms with Crippen molar-refractivity contribution in [3.05, 3.63) is 108 Å². The number of amides is 2. The molecule has 0 spiro atoms. The summed E-state index contributed by atoms with van der Waals surface area (Å²) in [5.74, 6) is -0.397. The smallest absolute Gasteiger partial charge is 0.244 e. The second-order valence-electron chi connectivity index (χ2n) is 7.96. The molecule has 0 saturated heterocycles. The third-order valence-corrected chi connectivity index (χ3v) is 5.45. The lowest BCUT2D eigenvalue weighted by molar-refractivity contribution is -0.118. The zero-order valence-electron chi connectivity index (χ0n) is 18.5. The fraction of sp³-hybridized carbons (Fsp3) is 0.103. The molecule has 4 nitrogen and oxygen atoms in total. The van der Waals surface area contributed by atoms with Gasteiger partial charge in [-0.25, -0.2) is 0 Å². The Kier molecular flexibility index (Phi) is 6.96. The Bertz CT molecular complexity index is 1340. The first-order valence-corrected chi connectivity index (χ1v) is 11.0. The summed E-state index contributed by atoms with van der Waals surface area (Å²) in [5.41, 5.74) is 1.98. The molecule has 0 fully saturated rings. The molecule has 4 aromatic rings. The Morgan fingerprint density at radius 3 is 1.76 bits per heavy atom. The van der Waals surface area contributed by atoms with Gasteiger partial charge in [-0.1, -0.05) is 84.9 Å². The Labute approximate surface area is 193 Å². The first kappa shape index (κ1) is 22.0. The zero-order valence-corrected chi connectivity index (χ0v) is 18.5. The van der Waals surface area contributed by atoms with Crippen LogP contribution in [0.2, 0.25) is 0 Å². The normalized spacial score (nSPS) is 12.4. The molecule has 164 valence electrons. The number of fused-ring (bicyclic) bond motifs is 2. The summed E-state index contributed by atoms with van der Waals surface area (Å²) in [4.78, 5) is 24.6. The van der Waals surface area contributed by atoms with E-state index in [-0.39, 0.29) is 17.9 Å². The van der Waals surface area contributed by atoms with E-state index in [2.05, 4.69) is 10.6 Å². The van der Waals surface area contributed by atoms with E-state index < -0.39 is 0 Å². The van der Waals surface area contributed by atoms with Crippen molar-refractivity contribution in [3.8, 4) is 0 Å². The lowest BCUT2D eigenvalue weighted by atomic mass is 10.0. The van der Waals surface area contributed by atoms with Crippen LogP contribution in [0.25, 0.3) is 33.7 Å². The number of carbonyl (C=O) groups is 2. The van der Waals surface area contributed by atoms with Gasteiger partial charge in [-0.05, 0) is 51.7 Å². The fourth-order valence-corrected chi connectivity index (χ4v) is 3.78. The number of hydrogen-bond donors (Lipinski definition) is 2. The number of rotatable bonds is 7. The minimum Gasteiger partial charge on any atom is -0.351 e. The molecule has 0 aliphatic carbocycles. The summed E-state index contributed by atoms with van der Waals surface area (Å²) in [6.07, 6.45) is 6.68. The van der Waals surface area contributed by atoms with Gasteiger partial charge in [0.05, 0.1) is 0 Å². The molecule has 0 heterocycles. The van der Waals surface area contributed by atoms with Gasteiger partial charge in [-0.2, -0.15) is 0 Å². The van der Waals surface area contributed by atoms with E-state index in [1.807, 2.05) is 104 Å². The predicted octanol–water partition coefficient (Wildman–Crippen LogP) is 5.34. The second kappa shape index (κ2) is 10.4. The van der Waals surface area contributed by atoms with Crippen LogP contribution in [0.1, 0.15) is 18.1 Å². The van der Waals surface area contributed by atoms with Gasteiger partial charge in [-0.15, -0.1) is 0 Å². The third-order valence-electron chi connectivity index (χ3n) is 5.45. The minimum atomic E-state index is -0.204. The molecule has 2 N–H and O–H groups in total. The first-order chi connectivity index (χ1) is 16.1. The molecule has 0 aliphatic heterocycles. The zero-order chi connectivity index (χ0) is 23.0. The molecule has 33 heavy (non-hydrogen) atoms. The fourth-order valence-electron chi connectivity index (χ4n) is 3.78. The predicted molar refractivity (Wildman–Crippen MR) is 137 cm³/mol. The average molecular weight is 435 g/mol. The third kappa shape index (κ3) is 5.74. The number of hydrogen-bond acceptors (Lipinski definition) is 2. The first-order valence-electron chi connectivity index (χ1n) is 11.0. The van der Waals surface area contributed by atoms with Crippen LogP contribution in [0.4, 0.5) is 0 Å². The summed E-state index contributed by atoms with van der Waals surface area (Å²) >= 11 is 0. The van der Waals surface area contributed by atoms with Gasteiger partial charge in [0.15, 0.2) is 0 Å². The summed E-state index contributed by atoms with van der Waals surface area (Å²) in [5, 5.41) is 10.2. The lowest BCUT2D eigenvalue weighted by Gasteiger charge is -2.12. The van der Waals surface area contributed by atoms with Crippen LogP contribution in [0.5, 0.6) is 0 Å². The van der Waals surface area contributed by atoms with E-state index in [1.165, 1.54) is 12.2 Å². The Hall–Kier alpha value is -4.18. The van der Waals surface area contributed by atoms with Crippen LogP contribution in [0.3, 0.4) is 0 Å². The topological polar surface area (TPSA) is 58.2 Å². The summed E-state index contributed by atoms with van der Waals surface area (Å²) in [7, 11) is 0. The quantitative estimate of drug-likeness (QED) is 0.386. The molecular formula is C29H26N2O2. The van der Waals surface area contributed by atoms with E-state index in [0.29, 0.717) is 6.54 Å². The monoisotopic (exact) mass is 434 g/mol. The highest BCUT2D eigenvalue weighted by atomic mass is 16.2. The van der Waals surface area contributed by atoms with Crippen LogP contribution in [-0.4, -0.2) is 24.4 Å². The number of nitrogens with one attached hydrogen (secondary N) is 2. The van der Waals surface area contributed by atoms with E-state index in [4.69, 9.17) is 0 Å². The summed E-state index contributed by atoms with van der Waals surface area (Å²) < 4.78 is 0. The molecular weight excluding hydrogens is 408 g/mol. The lowest BCUT2D eigenvalue weighted by Crippen LogP contribution is -2.40. The van der Waals surface area contributed by atoms with Crippen molar-refractivity contribution in [2.75, 3.05) is 6.54 Å². The molecule has 0 aliphatic rings. The number of carbonyl (C=O) groups excluding carboxylic acids is 2. The van der Waals surface area contributed by atoms with E-state index in [0.717, 1.165) is 32.7 Å². The molecule has 0 bridgehead atoms. The van der Waals surface area contributed by atoms with Crippen LogP contribution in [0, 0.1) is 0 Å². The van der Waals surface area contributed by atoms with Gasteiger partial charge in [0.1, 0.15) is 0 Å². The molecule has 4 rings (SSSR count). The maximum atomic E-state index is 12.3. The van der Waals surface area contributed by atoms with Crippen LogP contribution < -0.4 is 10.6 Å². The van der Waals surface area contributed by atoms with Gasteiger partial charge in [0.25, 0.3) is 0 Å². The molecule has 2 amide bonds. The van der Waals surface area contributed by atoms with Gasteiger partial charge in [0.2, 0.25) is 11.8 Å². The van der Waals surface area contributed by atoms with E-state index in [9.17, 15) is 9.59 Å². The SMILES string of the molecule is CC(CNC(=O)/C=C/c1cccc2ccccc12)NC(=O)/C=C/c1cccc2ccccc12. The minimum absolute atomic E-state index is 0.198. The summed E-state index contributed by atoms with van der Waals surface area (Å²) in [6, 6.07) is 27.9. The van der Waals surface area contributed by atoms with Crippen molar-refractivity contribution in [1.82, 2.24) is 10.6 Å². The molecule has 4 aromatic carbocycles. The highest BCUT2D eigenvalue weighted by Gasteiger charge is 2.06. The highest BCUT2D eigenvalue weighted by molar-refractivity contribution is 5.98. The van der Waals surface area contributed by atoms with Crippen LogP contribution in [0.15, 0.2) is 97.1 Å². The molecule has 1 atom stereocenters. The maximum absolute atomic E-state index is 12.3. The number of benzene rings is 4. The maximum Gasteiger partial charge on any atom is 0.244 e. The van der Waals surface area contributed by atoms with Crippen molar-refractivity contribution in [3.63, 3.8) is 0 Å². The largest absolute Gasteiger partial charge is 0.351 e. The average Bonchev–Trinajstić information content (AvgIpc) is 2.85. The highest BCUT2D eigenvalue weighted by Crippen LogP contribution is 2.20. The van der Waals surface area contributed by atoms with Crippen molar-refractivity contribution in [2.45, 2.75) is 13.0 Å². The van der Waals surface area contributed by atoms with E-state index in [1.54, 1.807) is 0 Å². The van der Waals surface area contributed by atoms with Crippen molar-refractivity contribution < 1.29 is 9.59 Å².